The molecule has 1 aromatic rings. The van der Waals surface area contributed by atoms with E-state index in [1.165, 1.54) is 12.1 Å². The molecule has 1 fully saturated rings. The van der Waals surface area contributed by atoms with Gasteiger partial charge in [-0.1, -0.05) is 19.1 Å². The summed E-state index contributed by atoms with van der Waals surface area (Å²) in [5.41, 5.74) is 0.446. The first-order valence-electron chi connectivity index (χ1n) is 6.60. The van der Waals surface area contributed by atoms with E-state index in [2.05, 4.69) is 4.72 Å². The molecule has 0 aliphatic heterocycles. The summed E-state index contributed by atoms with van der Waals surface area (Å²) in [6, 6.07) is 6.23. The Balaban J connectivity index is 2.15. The zero-order valence-electron chi connectivity index (χ0n) is 11.7. The van der Waals surface area contributed by atoms with Crippen molar-refractivity contribution in [2.24, 2.45) is 0 Å². The van der Waals surface area contributed by atoms with Crippen LogP contribution in [0.25, 0.3) is 0 Å². The van der Waals surface area contributed by atoms with E-state index in [1.807, 2.05) is 6.26 Å². The van der Waals surface area contributed by atoms with E-state index in [4.69, 9.17) is 0 Å². The summed E-state index contributed by atoms with van der Waals surface area (Å²) in [6.07, 6.45) is 4.46. The molecule has 1 N–H and O–H groups in total. The van der Waals surface area contributed by atoms with E-state index in [0.29, 0.717) is 18.5 Å². The van der Waals surface area contributed by atoms with Crippen molar-refractivity contribution in [3.05, 3.63) is 29.8 Å². The third-order valence-electron chi connectivity index (χ3n) is 3.61. The molecule has 0 bridgehead atoms. The molecular formula is C14H19NO3S2. The number of hydrogen-bond acceptors (Lipinski definition) is 4. The Kier molecular flexibility index (Phi) is 4.56. The molecule has 1 aromatic carbocycles. The lowest BCUT2D eigenvalue weighted by atomic mass is 10.1. The number of sulfonamides is 1. The number of benzene rings is 1. The Labute approximate surface area is 124 Å². The first kappa shape index (κ1) is 15.5. The van der Waals surface area contributed by atoms with Crippen LogP contribution in [0.4, 0.5) is 0 Å². The Bertz CT molecular complexity index is 607. The van der Waals surface area contributed by atoms with Crippen LogP contribution in [0, 0.1) is 0 Å². The van der Waals surface area contributed by atoms with Crippen molar-refractivity contribution in [3.63, 3.8) is 0 Å². The van der Waals surface area contributed by atoms with Gasteiger partial charge < -0.3 is 0 Å². The fraction of sp³-hybridized carbons (Fsp3) is 0.500. The van der Waals surface area contributed by atoms with E-state index in [-0.39, 0.29) is 15.4 Å². The number of nitrogens with one attached hydrogen (secondary N) is 1. The second-order valence-electron chi connectivity index (χ2n) is 5.02. The third kappa shape index (κ3) is 3.42. The topological polar surface area (TPSA) is 63.2 Å². The second-order valence-corrected chi connectivity index (χ2v) is 8.06. The maximum Gasteiger partial charge on any atom is 0.240 e. The van der Waals surface area contributed by atoms with Crippen molar-refractivity contribution in [1.82, 2.24) is 4.72 Å². The largest absolute Gasteiger partial charge is 0.294 e. The molecule has 1 aliphatic rings. The quantitative estimate of drug-likeness (QED) is 0.785. The van der Waals surface area contributed by atoms with Crippen molar-refractivity contribution in [3.8, 4) is 0 Å². The van der Waals surface area contributed by atoms with Crippen LogP contribution >= 0.6 is 11.8 Å². The van der Waals surface area contributed by atoms with Gasteiger partial charge in [0.05, 0.1) is 4.90 Å². The summed E-state index contributed by atoms with van der Waals surface area (Å²) < 4.78 is 27.2. The smallest absolute Gasteiger partial charge is 0.240 e. The van der Waals surface area contributed by atoms with Crippen LogP contribution in [0.2, 0.25) is 0 Å². The van der Waals surface area contributed by atoms with Gasteiger partial charge in [-0.25, -0.2) is 13.1 Å². The van der Waals surface area contributed by atoms with Crippen LogP contribution in [0.5, 0.6) is 0 Å². The number of carbonyl (C=O) groups is 1. The Morgan fingerprint density at radius 1 is 1.40 bits per heavy atom. The van der Waals surface area contributed by atoms with Crippen LogP contribution < -0.4 is 4.72 Å². The molecule has 0 amide bonds. The summed E-state index contributed by atoms with van der Waals surface area (Å²) >= 11 is 1.70. The highest BCUT2D eigenvalue weighted by molar-refractivity contribution is 8.00. The standard InChI is InChI=1S/C14H19NO3S2/c1-3-13(16)11-5-4-6-12(9-11)20(17,18)15-10-14(19-2)7-8-14/h4-6,9,15H,3,7-8,10H2,1-2H3. The minimum absolute atomic E-state index is 0.0511. The first-order chi connectivity index (χ1) is 9.42. The molecule has 20 heavy (non-hydrogen) atoms. The van der Waals surface area contributed by atoms with E-state index >= 15 is 0 Å². The zero-order valence-corrected chi connectivity index (χ0v) is 13.3. The van der Waals surface area contributed by atoms with Gasteiger partial charge in [-0.05, 0) is 31.2 Å². The maximum absolute atomic E-state index is 12.3. The van der Waals surface area contributed by atoms with Gasteiger partial charge in [0.15, 0.2) is 5.78 Å². The molecule has 0 spiro atoms. The molecule has 6 heteroatoms. The number of carbonyl (C=O) groups excluding carboxylic acids is 1. The molecule has 0 aromatic heterocycles. The molecule has 0 atom stereocenters. The van der Waals surface area contributed by atoms with Gasteiger partial charge in [0.25, 0.3) is 0 Å². The van der Waals surface area contributed by atoms with Crippen LogP contribution in [0.15, 0.2) is 29.2 Å². The van der Waals surface area contributed by atoms with Gasteiger partial charge >= 0.3 is 0 Å². The van der Waals surface area contributed by atoms with E-state index < -0.39 is 10.0 Å². The normalized spacial score (nSPS) is 16.9. The lowest BCUT2D eigenvalue weighted by Gasteiger charge is -2.13. The van der Waals surface area contributed by atoms with Gasteiger partial charge in [-0.15, -0.1) is 0 Å². The summed E-state index contributed by atoms with van der Waals surface area (Å²) in [7, 11) is -3.54. The fourth-order valence-electron chi connectivity index (χ4n) is 1.94. The van der Waals surface area contributed by atoms with Crippen molar-refractivity contribution >= 4 is 27.6 Å². The Hall–Kier alpha value is -0.850. The summed E-state index contributed by atoms with van der Waals surface area (Å²) in [6.45, 7) is 2.21. The first-order valence-corrected chi connectivity index (χ1v) is 9.31. The van der Waals surface area contributed by atoms with Crippen molar-refractivity contribution < 1.29 is 13.2 Å². The highest BCUT2D eigenvalue weighted by Crippen LogP contribution is 2.46. The number of hydrogen-bond donors (Lipinski definition) is 1. The SMILES string of the molecule is CCC(=O)c1cccc(S(=O)(=O)NCC2(SC)CC2)c1. The molecule has 0 heterocycles. The molecule has 0 radical (unpaired) electrons. The molecule has 4 nitrogen and oxygen atoms in total. The predicted octanol–water partition coefficient (Wildman–Crippen LogP) is 2.45. The lowest BCUT2D eigenvalue weighted by Crippen LogP contribution is -2.31. The Morgan fingerprint density at radius 2 is 2.10 bits per heavy atom. The summed E-state index contributed by atoms with van der Waals surface area (Å²) in [5, 5.41) is 0. The van der Waals surface area contributed by atoms with Gasteiger partial charge in [-0.2, -0.15) is 11.8 Å². The Morgan fingerprint density at radius 3 is 2.65 bits per heavy atom. The summed E-state index contributed by atoms with van der Waals surface area (Å²) in [4.78, 5) is 11.8. The molecule has 1 aliphatic carbocycles. The molecule has 0 saturated heterocycles. The lowest BCUT2D eigenvalue weighted by molar-refractivity contribution is 0.0988. The number of Topliss-reactive ketones (excluding diaryl/α,β-unsaturated/α-hetero) is 1. The van der Waals surface area contributed by atoms with Gasteiger partial charge in [0.2, 0.25) is 10.0 Å². The van der Waals surface area contributed by atoms with Crippen molar-refractivity contribution in [1.29, 1.82) is 0 Å². The molecule has 110 valence electrons. The van der Waals surface area contributed by atoms with E-state index in [9.17, 15) is 13.2 Å². The van der Waals surface area contributed by atoms with E-state index in [0.717, 1.165) is 12.8 Å². The minimum Gasteiger partial charge on any atom is -0.294 e. The molecule has 0 unspecified atom stereocenters. The summed E-state index contributed by atoms with van der Waals surface area (Å²) in [5.74, 6) is -0.0511. The average Bonchev–Trinajstić information content (AvgIpc) is 3.25. The van der Waals surface area contributed by atoms with Gasteiger partial charge in [0, 0.05) is 23.3 Å². The van der Waals surface area contributed by atoms with Gasteiger partial charge in [-0.3, -0.25) is 4.79 Å². The minimum atomic E-state index is -3.54. The molecular weight excluding hydrogens is 294 g/mol. The van der Waals surface area contributed by atoms with Crippen LogP contribution in [0.1, 0.15) is 36.5 Å². The number of rotatable bonds is 7. The van der Waals surface area contributed by atoms with Gasteiger partial charge in [0.1, 0.15) is 0 Å². The number of ketones is 1. The highest BCUT2D eigenvalue weighted by atomic mass is 32.2. The van der Waals surface area contributed by atoms with Crippen LogP contribution in [-0.2, 0) is 10.0 Å². The monoisotopic (exact) mass is 313 g/mol. The molecule has 2 rings (SSSR count). The zero-order chi connectivity index (χ0) is 14.8. The van der Waals surface area contributed by atoms with Crippen molar-refractivity contribution in [2.75, 3.05) is 12.8 Å². The third-order valence-corrected chi connectivity index (χ3v) is 6.43. The maximum atomic E-state index is 12.3. The van der Waals surface area contributed by atoms with Crippen LogP contribution in [0.3, 0.4) is 0 Å². The number of thioether (sulfide) groups is 1. The second kappa shape index (κ2) is 5.87. The molecule has 1 saturated carbocycles. The fourth-order valence-corrected chi connectivity index (χ4v) is 3.93. The van der Waals surface area contributed by atoms with Crippen LogP contribution in [-0.4, -0.2) is 31.7 Å². The average molecular weight is 313 g/mol. The van der Waals surface area contributed by atoms with Crippen molar-refractivity contribution in [2.45, 2.75) is 35.8 Å². The predicted molar refractivity (Wildman–Crippen MR) is 81.7 cm³/mol. The highest BCUT2D eigenvalue weighted by Gasteiger charge is 2.42. The van der Waals surface area contributed by atoms with E-state index in [1.54, 1.807) is 30.8 Å².